The summed E-state index contributed by atoms with van der Waals surface area (Å²) in [6.45, 7) is 10.7. The van der Waals surface area contributed by atoms with Gasteiger partial charge in [0, 0.05) is 93.4 Å². The number of likely N-dealkylation sites (tertiary alicyclic amines) is 2. The summed E-state index contributed by atoms with van der Waals surface area (Å²) < 4.78 is 83.6. The van der Waals surface area contributed by atoms with E-state index in [1.54, 1.807) is 24.4 Å². The molecule has 462 valence electrons. The van der Waals surface area contributed by atoms with Gasteiger partial charge in [0.1, 0.15) is 49.5 Å². The van der Waals surface area contributed by atoms with Crippen LogP contribution in [-0.4, -0.2) is 199 Å². The van der Waals surface area contributed by atoms with E-state index in [0.29, 0.717) is 41.2 Å². The smallest absolute Gasteiger partial charge is 0.332 e. The van der Waals surface area contributed by atoms with Crippen LogP contribution in [0.2, 0.25) is 0 Å². The number of hydrogen-bond acceptors (Lipinski definition) is 15. The van der Waals surface area contributed by atoms with Gasteiger partial charge in [0.05, 0.1) is 29.9 Å². The third-order valence-electron chi connectivity index (χ3n) is 16.2. The number of nitrogens with zero attached hydrogens (tertiary/aromatic N) is 6. The number of nitrogens with one attached hydrogen (secondary N) is 4. The van der Waals surface area contributed by atoms with Crippen LogP contribution in [0.3, 0.4) is 0 Å². The summed E-state index contributed by atoms with van der Waals surface area (Å²) in [5, 5.41) is 25.8. The SMILES string of the molecule is Cc1ccc([C@H](COC(=O)COCC(=O)O)NC(=O)[C@@H]2C[C@@H](O)CN2C(=O)[C@@H](NC(=O)CN2CCC(CN3CCN(c4ccc(-c5cnc6[nH]cc(C(=O)c7c(F)ccc(NS(=O)(=O)N8CC[C@@H](F)C8)c7F)c6c5)cc4)CC3)CC2)C(C)(C)C)cc1. The van der Waals surface area contributed by atoms with Crippen molar-refractivity contribution in [3.8, 4) is 11.1 Å². The Morgan fingerprint density at radius 2 is 1.56 bits per heavy atom. The van der Waals surface area contributed by atoms with Crippen LogP contribution in [0.5, 0.6) is 0 Å². The molecular weight excluding hydrogens is 1140 g/mol. The van der Waals surface area contributed by atoms with Gasteiger partial charge in [0.2, 0.25) is 23.5 Å². The number of piperazine rings is 1. The zero-order valence-corrected chi connectivity index (χ0v) is 49.2. The van der Waals surface area contributed by atoms with Crippen LogP contribution in [0, 0.1) is 29.9 Å². The average Bonchev–Trinajstić information content (AvgIpc) is 2.41. The number of amides is 3. The number of anilines is 2. The quantitative estimate of drug-likeness (QED) is 0.0409. The number of aliphatic carboxylic acids is 1. The number of carboxylic acid groups (broad SMARTS) is 1. The number of β-amino-alcohol motifs (C(OH)–C–C–N with tert-alkyl or cyclic N) is 1. The number of fused-ring (bicyclic) bond motifs is 1. The summed E-state index contributed by atoms with van der Waals surface area (Å²) >= 11 is 0. The second-order valence-corrected chi connectivity index (χ2v) is 25.3. The van der Waals surface area contributed by atoms with Crippen molar-refractivity contribution in [2.75, 3.05) is 101 Å². The van der Waals surface area contributed by atoms with Crippen molar-refractivity contribution in [1.82, 2.24) is 39.6 Å². The van der Waals surface area contributed by atoms with Crippen LogP contribution in [0.4, 0.5) is 24.5 Å². The number of aromatic nitrogens is 2. The normalized spacial score (nSPS) is 20.0. The Labute approximate surface area is 496 Å². The first-order chi connectivity index (χ1) is 40.9. The first kappa shape index (κ1) is 63.0. The van der Waals surface area contributed by atoms with Crippen molar-refractivity contribution in [2.24, 2.45) is 11.3 Å². The number of aliphatic hydroxyl groups is 1. The number of halogens is 3. The van der Waals surface area contributed by atoms with Crippen LogP contribution < -0.4 is 20.3 Å². The summed E-state index contributed by atoms with van der Waals surface area (Å²) in [6, 6.07) is 15.4. The van der Waals surface area contributed by atoms with Crippen molar-refractivity contribution in [3.05, 3.63) is 113 Å². The Morgan fingerprint density at radius 1 is 0.849 bits per heavy atom. The fourth-order valence-electron chi connectivity index (χ4n) is 11.4. The second-order valence-electron chi connectivity index (χ2n) is 23.6. The molecule has 0 spiro atoms. The highest BCUT2D eigenvalue weighted by molar-refractivity contribution is 7.90. The summed E-state index contributed by atoms with van der Waals surface area (Å²) in [6.07, 6.45) is 2.22. The first-order valence-corrected chi connectivity index (χ1v) is 30.2. The van der Waals surface area contributed by atoms with Crippen molar-refractivity contribution in [3.63, 3.8) is 0 Å². The van der Waals surface area contributed by atoms with Crippen molar-refractivity contribution in [2.45, 2.75) is 83.8 Å². The molecule has 4 fully saturated rings. The van der Waals surface area contributed by atoms with Crippen LogP contribution in [0.1, 0.15) is 79.5 Å². The molecule has 6 N–H and O–H groups in total. The molecule has 0 radical (unpaired) electrons. The van der Waals surface area contributed by atoms with Crippen LogP contribution >= 0.6 is 0 Å². The molecule has 9 rings (SSSR count). The molecular formula is C60H73F3N10O12S. The topological polar surface area (TPSA) is 276 Å². The molecule has 0 unspecified atom stereocenters. The van der Waals surface area contributed by atoms with E-state index >= 15 is 8.78 Å². The number of alkyl halides is 1. The molecule has 3 aromatic carbocycles. The minimum Gasteiger partial charge on any atom is -0.480 e. The number of aromatic amines is 1. The lowest BCUT2D eigenvalue weighted by Crippen LogP contribution is -2.59. The lowest BCUT2D eigenvalue weighted by atomic mass is 9.85. The molecule has 4 aliphatic heterocycles. The van der Waals surface area contributed by atoms with E-state index in [4.69, 9.17) is 14.6 Å². The van der Waals surface area contributed by atoms with Gasteiger partial charge in [0.25, 0.3) is 0 Å². The highest BCUT2D eigenvalue weighted by Gasteiger charge is 2.45. The Hall–Kier alpha value is -7.49. The van der Waals surface area contributed by atoms with Gasteiger partial charge < -0.3 is 45.1 Å². The molecule has 86 heavy (non-hydrogen) atoms. The molecule has 0 saturated carbocycles. The Kier molecular flexibility index (Phi) is 19.8. The van der Waals surface area contributed by atoms with Crippen LogP contribution in [0.25, 0.3) is 22.2 Å². The molecule has 4 saturated heterocycles. The van der Waals surface area contributed by atoms with E-state index in [-0.39, 0.29) is 50.6 Å². The van der Waals surface area contributed by atoms with E-state index in [9.17, 15) is 46.7 Å². The van der Waals surface area contributed by atoms with E-state index < -0.39 is 118 Å². The standard InChI is InChI=1S/C60H73F3N10O12S/c1-36-5-7-39(8-6-36)48(33-85-52(78)35-84-34-51(76)77)66-58(80)49-26-43(74)31-73(49)59(81)56(60(2,3)4)67-50(75)32-69-18-15-37(16-19-69)29-70-21-23-71(24-22-70)42-11-9-38(10-12-42)40-25-44-45(28-65-57(44)64-27-40)55(79)53-46(62)13-14-47(54(53)63)68-86(82,83)72-20-17-41(61)30-72/h5-14,25,27-28,37,41,43,48-49,56,68,74H,15-24,26,29-35H2,1-4H3,(H,64,65)(H,66,80)(H,67,75)(H,76,77)/t41-,43-,48+,49+,56-/m1/s1. The molecule has 3 amide bonds. The number of aryl methyl sites for hydroxylation is 1. The van der Waals surface area contributed by atoms with Gasteiger partial charge in [-0.05, 0) is 92.1 Å². The predicted molar refractivity (Wildman–Crippen MR) is 312 cm³/mol. The maximum atomic E-state index is 15.8. The summed E-state index contributed by atoms with van der Waals surface area (Å²) in [4.78, 5) is 94.7. The summed E-state index contributed by atoms with van der Waals surface area (Å²) in [5.41, 5.74) is 1.83. The Bertz CT molecular complexity index is 3410. The fraction of sp³-hybridized carbons (Fsp3) is 0.483. The van der Waals surface area contributed by atoms with Gasteiger partial charge in [-0.1, -0.05) is 62.7 Å². The molecule has 0 aliphatic carbocycles. The lowest BCUT2D eigenvalue weighted by Gasteiger charge is -2.40. The molecule has 4 aliphatic rings. The Morgan fingerprint density at radius 3 is 2.22 bits per heavy atom. The summed E-state index contributed by atoms with van der Waals surface area (Å²) in [5.74, 6) is -6.75. The van der Waals surface area contributed by atoms with Crippen molar-refractivity contribution < 1.29 is 70.0 Å². The lowest BCUT2D eigenvalue weighted by molar-refractivity contribution is -0.154. The maximum absolute atomic E-state index is 15.8. The van der Waals surface area contributed by atoms with Gasteiger partial charge in [-0.15, -0.1) is 0 Å². The molecule has 5 aromatic rings. The minimum atomic E-state index is -4.39. The number of carbonyl (C=O) groups is 6. The zero-order valence-electron chi connectivity index (χ0n) is 48.4. The number of ketones is 1. The summed E-state index contributed by atoms with van der Waals surface area (Å²) in [7, 11) is -4.39. The van der Waals surface area contributed by atoms with Crippen molar-refractivity contribution in [1.29, 1.82) is 0 Å². The molecule has 26 heteroatoms. The predicted octanol–water partition coefficient (Wildman–Crippen LogP) is 4.58. The third-order valence-corrected chi connectivity index (χ3v) is 17.7. The van der Waals surface area contributed by atoms with E-state index in [2.05, 4.69) is 35.3 Å². The number of pyridine rings is 1. The van der Waals surface area contributed by atoms with E-state index in [1.165, 1.54) is 11.1 Å². The highest BCUT2D eigenvalue weighted by atomic mass is 32.2. The second kappa shape index (κ2) is 27.1. The van der Waals surface area contributed by atoms with Gasteiger partial charge in [-0.25, -0.2) is 27.7 Å². The Balaban J connectivity index is 0.738. The monoisotopic (exact) mass is 1210 g/mol. The number of benzene rings is 3. The molecule has 5 atom stereocenters. The third kappa shape index (κ3) is 15.4. The number of aliphatic hydroxyl groups excluding tert-OH is 1. The van der Waals surface area contributed by atoms with Crippen molar-refractivity contribution >= 4 is 68.1 Å². The van der Waals surface area contributed by atoms with Gasteiger partial charge in [-0.3, -0.25) is 33.7 Å². The largest absolute Gasteiger partial charge is 0.480 e. The van der Waals surface area contributed by atoms with E-state index in [0.717, 1.165) is 78.8 Å². The number of ether oxygens (including phenoxy) is 2. The first-order valence-electron chi connectivity index (χ1n) is 28.7. The van der Waals surface area contributed by atoms with Crippen LogP contribution in [-0.2, 0) is 43.7 Å². The van der Waals surface area contributed by atoms with Gasteiger partial charge in [0.15, 0.2) is 5.82 Å². The minimum absolute atomic E-state index is 0.0150. The number of esters is 1. The van der Waals surface area contributed by atoms with Gasteiger partial charge in [-0.2, -0.15) is 12.7 Å². The fourth-order valence-corrected chi connectivity index (χ4v) is 12.7. The zero-order chi connectivity index (χ0) is 61.6. The number of H-pyrrole nitrogens is 1. The molecule has 22 nitrogen and oxygen atoms in total. The molecule has 0 bridgehead atoms. The number of piperidine rings is 1. The molecule has 6 heterocycles. The van der Waals surface area contributed by atoms with E-state index in [1.807, 2.05) is 68.8 Å². The van der Waals surface area contributed by atoms with Crippen LogP contribution in [0.15, 0.2) is 79.1 Å². The maximum Gasteiger partial charge on any atom is 0.332 e. The number of carbonyl (C=O) groups excluding carboxylic acids is 5. The number of rotatable bonds is 22. The van der Waals surface area contributed by atoms with Gasteiger partial charge >= 0.3 is 22.1 Å². The number of carboxylic acids is 1. The number of hydrogen-bond donors (Lipinski definition) is 6. The average molecular weight is 1220 g/mol. The molecule has 2 aromatic heterocycles. The highest BCUT2D eigenvalue weighted by Crippen LogP contribution is 2.33.